The summed E-state index contributed by atoms with van der Waals surface area (Å²) in [5.41, 5.74) is 11.1. The number of aromatic nitrogens is 3. The van der Waals surface area contributed by atoms with Crippen LogP contribution in [0.4, 0.5) is 17.3 Å². The normalized spacial score (nSPS) is 11.4. The van der Waals surface area contributed by atoms with Crippen molar-refractivity contribution >= 4 is 29.1 Å². The fourth-order valence-corrected chi connectivity index (χ4v) is 1.99. The molecule has 0 aromatic carbocycles. The summed E-state index contributed by atoms with van der Waals surface area (Å²) < 4.78 is 4.98. The summed E-state index contributed by atoms with van der Waals surface area (Å²) in [6, 6.07) is 2.72. The summed E-state index contributed by atoms with van der Waals surface area (Å²) in [6.45, 7) is 1.80. The van der Waals surface area contributed by atoms with Crippen LogP contribution in [0.15, 0.2) is 24.5 Å². The molecule has 2 heterocycles. The van der Waals surface area contributed by atoms with E-state index in [1.54, 1.807) is 19.1 Å². The highest BCUT2D eigenvalue weighted by Crippen LogP contribution is 2.20. The SMILES string of the molecule is CC[C@@H](Nc1cnc(C(N)=O)c(Nc2ccc(OC)nc2)n1)C(N)=O. The number of anilines is 3. The fraction of sp³-hybridized carbons (Fsp3) is 0.267. The molecule has 2 rings (SSSR count). The first kappa shape index (κ1) is 17.9. The molecule has 10 heteroatoms. The van der Waals surface area contributed by atoms with Crippen LogP contribution in [0.25, 0.3) is 0 Å². The highest BCUT2D eigenvalue weighted by atomic mass is 16.5. The average molecular weight is 345 g/mol. The predicted molar refractivity (Wildman–Crippen MR) is 91.5 cm³/mol. The van der Waals surface area contributed by atoms with Crippen LogP contribution in [0.5, 0.6) is 5.88 Å². The van der Waals surface area contributed by atoms with Crippen molar-refractivity contribution in [1.82, 2.24) is 15.0 Å². The van der Waals surface area contributed by atoms with Gasteiger partial charge >= 0.3 is 0 Å². The van der Waals surface area contributed by atoms with Crippen molar-refractivity contribution in [2.45, 2.75) is 19.4 Å². The van der Waals surface area contributed by atoms with E-state index in [-0.39, 0.29) is 17.3 Å². The average Bonchev–Trinajstić information content (AvgIpc) is 2.60. The highest BCUT2D eigenvalue weighted by molar-refractivity contribution is 5.96. The van der Waals surface area contributed by atoms with Gasteiger partial charge in [0.1, 0.15) is 11.9 Å². The number of nitrogens with one attached hydrogen (secondary N) is 2. The van der Waals surface area contributed by atoms with Gasteiger partial charge in [-0.3, -0.25) is 9.59 Å². The van der Waals surface area contributed by atoms with E-state index >= 15 is 0 Å². The number of rotatable bonds is 8. The van der Waals surface area contributed by atoms with Crippen LogP contribution < -0.4 is 26.8 Å². The molecule has 0 saturated heterocycles. The van der Waals surface area contributed by atoms with Gasteiger partial charge in [-0.15, -0.1) is 0 Å². The Labute approximate surface area is 144 Å². The molecule has 1 atom stereocenters. The van der Waals surface area contributed by atoms with Gasteiger partial charge in [-0.1, -0.05) is 6.92 Å². The van der Waals surface area contributed by atoms with E-state index in [0.29, 0.717) is 18.0 Å². The van der Waals surface area contributed by atoms with Crippen LogP contribution in [0, 0.1) is 0 Å². The molecule has 25 heavy (non-hydrogen) atoms. The molecule has 2 aromatic heterocycles. The number of nitrogens with zero attached hydrogens (tertiary/aromatic N) is 3. The lowest BCUT2D eigenvalue weighted by Crippen LogP contribution is -2.35. The van der Waals surface area contributed by atoms with Crippen molar-refractivity contribution in [3.63, 3.8) is 0 Å². The highest BCUT2D eigenvalue weighted by Gasteiger charge is 2.17. The van der Waals surface area contributed by atoms with Gasteiger partial charge < -0.3 is 26.8 Å². The Balaban J connectivity index is 2.30. The van der Waals surface area contributed by atoms with Crippen molar-refractivity contribution in [1.29, 1.82) is 0 Å². The zero-order valence-electron chi connectivity index (χ0n) is 13.8. The number of amides is 2. The molecule has 0 radical (unpaired) electrons. The van der Waals surface area contributed by atoms with Gasteiger partial charge in [0.2, 0.25) is 11.8 Å². The molecule has 2 amide bonds. The van der Waals surface area contributed by atoms with Gasteiger partial charge in [0.05, 0.1) is 25.2 Å². The van der Waals surface area contributed by atoms with E-state index < -0.39 is 17.9 Å². The fourth-order valence-electron chi connectivity index (χ4n) is 1.99. The van der Waals surface area contributed by atoms with E-state index in [4.69, 9.17) is 16.2 Å². The Bertz CT molecular complexity index is 764. The minimum atomic E-state index is -0.745. The summed E-state index contributed by atoms with van der Waals surface area (Å²) >= 11 is 0. The molecule has 0 unspecified atom stereocenters. The lowest BCUT2D eigenvalue weighted by Gasteiger charge is -2.15. The van der Waals surface area contributed by atoms with E-state index in [9.17, 15) is 9.59 Å². The molecule has 0 spiro atoms. The number of methoxy groups -OCH3 is 1. The third-order valence-corrected chi connectivity index (χ3v) is 3.29. The summed E-state index contributed by atoms with van der Waals surface area (Å²) in [7, 11) is 1.50. The maximum Gasteiger partial charge on any atom is 0.271 e. The molecule has 0 aliphatic heterocycles. The Morgan fingerprint density at radius 1 is 1.24 bits per heavy atom. The topological polar surface area (TPSA) is 158 Å². The Kier molecular flexibility index (Phi) is 5.66. The minimum absolute atomic E-state index is 0.0477. The Hall–Kier alpha value is -3.43. The predicted octanol–water partition coefficient (Wildman–Crippen LogP) is 0.398. The minimum Gasteiger partial charge on any atom is -0.481 e. The van der Waals surface area contributed by atoms with Gasteiger partial charge in [0, 0.05) is 6.07 Å². The smallest absolute Gasteiger partial charge is 0.271 e. The largest absolute Gasteiger partial charge is 0.481 e. The van der Waals surface area contributed by atoms with E-state index in [1.807, 2.05) is 0 Å². The first-order chi connectivity index (χ1) is 11.9. The van der Waals surface area contributed by atoms with Crippen molar-refractivity contribution in [3.8, 4) is 5.88 Å². The van der Waals surface area contributed by atoms with E-state index in [1.165, 1.54) is 19.5 Å². The summed E-state index contributed by atoms with van der Waals surface area (Å²) in [5, 5.41) is 5.78. The molecule has 6 N–H and O–H groups in total. The van der Waals surface area contributed by atoms with Crippen LogP contribution in [-0.2, 0) is 4.79 Å². The van der Waals surface area contributed by atoms with Crippen LogP contribution >= 0.6 is 0 Å². The van der Waals surface area contributed by atoms with Crippen molar-refractivity contribution < 1.29 is 14.3 Å². The number of hydrogen-bond acceptors (Lipinski definition) is 8. The lowest BCUT2D eigenvalue weighted by atomic mass is 10.2. The molecular formula is C15H19N7O3. The summed E-state index contributed by atoms with van der Waals surface area (Å²) in [5.74, 6) is -0.417. The standard InChI is InChI=1S/C15H19N7O3/c1-3-9(13(16)23)21-10-7-19-12(14(17)24)15(22-10)20-8-4-5-11(25-2)18-6-8/h4-7,9H,3H2,1-2H3,(H2,16,23)(H2,17,24)(H2,20,21,22)/t9-/m1/s1. The summed E-state index contributed by atoms with van der Waals surface area (Å²) in [6.07, 6.45) is 3.28. The molecule has 0 fully saturated rings. The quantitative estimate of drug-likeness (QED) is 0.535. The van der Waals surface area contributed by atoms with Gasteiger partial charge in [0.15, 0.2) is 11.5 Å². The summed E-state index contributed by atoms with van der Waals surface area (Å²) in [4.78, 5) is 35.2. The zero-order valence-corrected chi connectivity index (χ0v) is 13.8. The Morgan fingerprint density at radius 2 is 2.00 bits per heavy atom. The molecule has 0 aliphatic carbocycles. The second-order valence-corrected chi connectivity index (χ2v) is 5.04. The van der Waals surface area contributed by atoms with E-state index in [2.05, 4.69) is 25.6 Å². The molecule has 0 bridgehead atoms. The molecule has 0 saturated carbocycles. The molecule has 10 nitrogen and oxygen atoms in total. The second-order valence-electron chi connectivity index (χ2n) is 5.04. The number of nitrogens with two attached hydrogens (primary N) is 2. The second kappa shape index (κ2) is 7.90. The molecule has 0 aliphatic rings. The number of carbonyl (C=O) groups is 2. The van der Waals surface area contributed by atoms with Crippen molar-refractivity contribution in [2.75, 3.05) is 17.7 Å². The third kappa shape index (κ3) is 4.53. The Morgan fingerprint density at radius 3 is 2.52 bits per heavy atom. The van der Waals surface area contributed by atoms with Crippen molar-refractivity contribution in [2.24, 2.45) is 11.5 Å². The zero-order chi connectivity index (χ0) is 18.4. The molecule has 132 valence electrons. The maximum absolute atomic E-state index is 11.6. The number of hydrogen-bond donors (Lipinski definition) is 4. The number of carbonyl (C=O) groups excluding carboxylic acids is 2. The van der Waals surface area contributed by atoms with Gasteiger partial charge in [-0.05, 0) is 12.5 Å². The van der Waals surface area contributed by atoms with E-state index in [0.717, 1.165) is 0 Å². The first-order valence-electron chi connectivity index (χ1n) is 7.44. The van der Waals surface area contributed by atoms with Crippen LogP contribution in [0.1, 0.15) is 23.8 Å². The maximum atomic E-state index is 11.6. The van der Waals surface area contributed by atoms with Gasteiger partial charge in [-0.25, -0.2) is 15.0 Å². The monoisotopic (exact) mass is 345 g/mol. The number of pyridine rings is 1. The van der Waals surface area contributed by atoms with Crippen LogP contribution in [0.2, 0.25) is 0 Å². The first-order valence-corrected chi connectivity index (χ1v) is 7.44. The van der Waals surface area contributed by atoms with Crippen LogP contribution in [-0.4, -0.2) is 39.9 Å². The van der Waals surface area contributed by atoms with Gasteiger partial charge in [0.25, 0.3) is 5.91 Å². The third-order valence-electron chi connectivity index (χ3n) is 3.29. The lowest BCUT2D eigenvalue weighted by molar-refractivity contribution is -0.118. The number of primary amides is 2. The van der Waals surface area contributed by atoms with Crippen LogP contribution in [0.3, 0.4) is 0 Å². The van der Waals surface area contributed by atoms with Crippen molar-refractivity contribution in [3.05, 3.63) is 30.2 Å². The molecule has 2 aromatic rings. The van der Waals surface area contributed by atoms with Gasteiger partial charge in [-0.2, -0.15) is 0 Å². The molecular weight excluding hydrogens is 326 g/mol. The number of ether oxygens (including phenoxy) is 1.